The summed E-state index contributed by atoms with van der Waals surface area (Å²) in [6, 6.07) is 7.41. The van der Waals surface area contributed by atoms with Crippen molar-refractivity contribution in [3.63, 3.8) is 0 Å². The van der Waals surface area contributed by atoms with Gasteiger partial charge in [0.05, 0.1) is 4.90 Å². The Morgan fingerprint density at radius 3 is 2.67 bits per heavy atom. The van der Waals surface area contributed by atoms with Gasteiger partial charge in [0.1, 0.15) is 5.84 Å². The van der Waals surface area contributed by atoms with Crippen LogP contribution in [0.3, 0.4) is 0 Å². The van der Waals surface area contributed by atoms with Gasteiger partial charge in [-0.15, -0.1) is 0 Å². The molecule has 1 aliphatic heterocycles. The highest BCUT2D eigenvalue weighted by atomic mass is 32.2. The van der Waals surface area contributed by atoms with Gasteiger partial charge in [0, 0.05) is 30.6 Å². The molecule has 0 atom stereocenters. The van der Waals surface area contributed by atoms with Crippen molar-refractivity contribution in [2.45, 2.75) is 68.3 Å². The fourth-order valence-corrected chi connectivity index (χ4v) is 4.83. The smallest absolute Gasteiger partial charge is 0.263 e. The van der Waals surface area contributed by atoms with Crippen LogP contribution >= 0.6 is 0 Å². The molecular formula is C19H28N4O3S. The van der Waals surface area contributed by atoms with Gasteiger partial charge in [-0.2, -0.15) is 0 Å². The van der Waals surface area contributed by atoms with E-state index in [1.807, 2.05) is 0 Å². The minimum Gasteiger partial charge on any atom is -0.353 e. The van der Waals surface area contributed by atoms with Crippen LogP contribution in [0, 0.1) is 0 Å². The first-order valence-electron chi connectivity index (χ1n) is 9.67. The van der Waals surface area contributed by atoms with Gasteiger partial charge < -0.3 is 11.1 Å². The van der Waals surface area contributed by atoms with E-state index in [0.717, 1.165) is 44.9 Å². The fourth-order valence-electron chi connectivity index (χ4n) is 3.58. The number of rotatable bonds is 7. The first-order valence-corrected chi connectivity index (χ1v) is 11.2. The van der Waals surface area contributed by atoms with Crippen LogP contribution in [0.1, 0.15) is 56.9 Å². The monoisotopic (exact) mass is 392 g/mol. The SMILES string of the molecule is NC1CCC(NC(=O)CCCCCN=C2NS(=O)(=O)c3ccccc32)CC1. The maximum atomic E-state index is 12.0. The lowest BCUT2D eigenvalue weighted by Crippen LogP contribution is -2.40. The van der Waals surface area contributed by atoms with Crippen LogP contribution < -0.4 is 15.8 Å². The van der Waals surface area contributed by atoms with E-state index in [0.29, 0.717) is 24.4 Å². The molecule has 7 nitrogen and oxygen atoms in total. The number of carbonyl (C=O) groups excluding carboxylic acids is 1. The average molecular weight is 393 g/mol. The number of fused-ring (bicyclic) bond motifs is 1. The highest BCUT2D eigenvalue weighted by molar-refractivity contribution is 7.90. The Morgan fingerprint density at radius 2 is 1.89 bits per heavy atom. The van der Waals surface area contributed by atoms with Crippen LogP contribution in [0.15, 0.2) is 34.2 Å². The molecule has 0 bridgehead atoms. The van der Waals surface area contributed by atoms with Crippen molar-refractivity contribution in [3.05, 3.63) is 29.8 Å². The Balaban J connectivity index is 1.35. The van der Waals surface area contributed by atoms with E-state index in [9.17, 15) is 13.2 Å². The Bertz CT molecular complexity index is 799. The molecule has 0 unspecified atom stereocenters. The van der Waals surface area contributed by atoms with E-state index in [-0.39, 0.29) is 22.9 Å². The van der Waals surface area contributed by atoms with Gasteiger partial charge in [0.25, 0.3) is 10.0 Å². The molecule has 0 spiro atoms. The van der Waals surface area contributed by atoms with Gasteiger partial charge in [-0.05, 0) is 50.7 Å². The number of nitrogens with zero attached hydrogens (tertiary/aromatic N) is 1. The molecule has 1 aromatic carbocycles. The molecule has 4 N–H and O–H groups in total. The van der Waals surface area contributed by atoms with Crippen LogP contribution in [0.4, 0.5) is 0 Å². The van der Waals surface area contributed by atoms with E-state index in [1.54, 1.807) is 24.3 Å². The van der Waals surface area contributed by atoms with E-state index >= 15 is 0 Å². The number of nitrogens with two attached hydrogens (primary N) is 1. The minimum absolute atomic E-state index is 0.110. The summed E-state index contributed by atoms with van der Waals surface area (Å²) in [6.45, 7) is 0.536. The molecule has 8 heteroatoms. The summed E-state index contributed by atoms with van der Waals surface area (Å²) in [7, 11) is -3.47. The lowest BCUT2D eigenvalue weighted by molar-refractivity contribution is -0.122. The molecule has 1 aromatic rings. The summed E-state index contributed by atoms with van der Waals surface area (Å²) in [6.07, 6.45) is 6.95. The third-order valence-electron chi connectivity index (χ3n) is 5.13. The van der Waals surface area contributed by atoms with E-state index in [4.69, 9.17) is 5.73 Å². The molecule has 0 radical (unpaired) electrons. The second-order valence-electron chi connectivity index (χ2n) is 7.32. The first kappa shape index (κ1) is 19.8. The van der Waals surface area contributed by atoms with Gasteiger partial charge >= 0.3 is 0 Å². The van der Waals surface area contributed by atoms with Gasteiger partial charge in [0.2, 0.25) is 5.91 Å². The Kier molecular flexibility index (Phi) is 6.49. The molecular weight excluding hydrogens is 364 g/mol. The number of amides is 1. The lowest BCUT2D eigenvalue weighted by atomic mass is 9.92. The van der Waals surface area contributed by atoms with Crippen molar-refractivity contribution in [3.8, 4) is 0 Å². The normalized spacial score (nSPS) is 25.0. The Labute approximate surface area is 160 Å². The van der Waals surface area contributed by atoms with Gasteiger partial charge in [0.15, 0.2) is 0 Å². The van der Waals surface area contributed by atoms with Crippen LogP contribution in [0.5, 0.6) is 0 Å². The Hall–Kier alpha value is -1.93. The first-order chi connectivity index (χ1) is 13.0. The number of nitrogens with one attached hydrogen (secondary N) is 2. The quantitative estimate of drug-likeness (QED) is 0.613. The standard InChI is InChI=1S/C19H28N4O3S/c20-14-9-11-15(12-10-14)22-18(24)8-2-1-5-13-21-19-16-6-3-4-7-17(16)27(25,26)23-19/h3-4,6-7,14-15H,1-2,5,8-13,20H2,(H,21,23)(H,22,24). The number of benzene rings is 1. The summed E-state index contributed by atoms with van der Waals surface area (Å²) in [5.41, 5.74) is 6.51. The molecule has 3 rings (SSSR count). The summed E-state index contributed by atoms with van der Waals surface area (Å²) in [5, 5.41) is 3.10. The number of sulfonamides is 1. The molecule has 1 fully saturated rings. The maximum Gasteiger partial charge on any atom is 0.263 e. The third kappa shape index (κ3) is 5.29. The maximum absolute atomic E-state index is 12.0. The van der Waals surface area contributed by atoms with Gasteiger partial charge in [-0.3, -0.25) is 14.5 Å². The highest BCUT2D eigenvalue weighted by Gasteiger charge is 2.29. The molecule has 0 saturated heterocycles. The number of unbranched alkanes of at least 4 members (excludes halogenated alkanes) is 2. The molecule has 2 aliphatic rings. The van der Waals surface area contributed by atoms with Crippen molar-refractivity contribution in [1.29, 1.82) is 0 Å². The van der Waals surface area contributed by atoms with Crippen LogP contribution in [0.2, 0.25) is 0 Å². The highest BCUT2D eigenvalue weighted by Crippen LogP contribution is 2.22. The van der Waals surface area contributed by atoms with Crippen molar-refractivity contribution in [2.24, 2.45) is 10.7 Å². The second-order valence-corrected chi connectivity index (χ2v) is 8.97. The summed E-state index contributed by atoms with van der Waals surface area (Å²) < 4.78 is 26.5. The molecule has 1 saturated carbocycles. The minimum atomic E-state index is -3.47. The van der Waals surface area contributed by atoms with Crippen molar-refractivity contribution >= 4 is 21.8 Å². The lowest BCUT2D eigenvalue weighted by Gasteiger charge is -2.26. The molecule has 148 valence electrons. The average Bonchev–Trinajstić information content (AvgIpc) is 2.91. The largest absolute Gasteiger partial charge is 0.353 e. The van der Waals surface area contributed by atoms with Crippen LogP contribution in [0.25, 0.3) is 0 Å². The molecule has 0 aromatic heterocycles. The third-order valence-corrected chi connectivity index (χ3v) is 6.53. The fraction of sp³-hybridized carbons (Fsp3) is 0.579. The number of hydrogen-bond acceptors (Lipinski definition) is 5. The zero-order valence-electron chi connectivity index (χ0n) is 15.5. The van der Waals surface area contributed by atoms with Crippen LogP contribution in [-0.4, -0.2) is 38.8 Å². The summed E-state index contributed by atoms with van der Waals surface area (Å²) in [4.78, 5) is 16.7. The zero-order valence-corrected chi connectivity index (χ0v) is 16.3. The molecule has 1 aliphatic carbocycles. The zero-order chi connectivity index (χ0) is 19.3. The molecule has 1 heterocycles. The molecule has 1 amide bonds. The van der Waals surface area contributed by atoms with Gasteiger partial charge in [-0.1, -0.05) is 18.6 Å². The number of aliphatic imine (C=N–C) groups is 1. The summed E-state index contributed by atoms with van der Waals surface area (Å²) in [5.74, 6) is 0.526. The number of amidine groups is 1. The summed E-state index contributed by atoms with van der Waals surface area (Å²) >= 11 is 0. The van der Waals surface area contributed by atoms with Gasteiger partial charge in [-0.25, -0.2) is 8.42 Å². The number of hydrogen-bond donors (Lipinski definition) is 3. The van der Waals surface area contributed by atoms with Crippen molar-refractivity contribution in [2.75, 3.05) is 6.54 Å². The second kappa shape index (κ2) is 8.84. The predicted octanol–water partition coefficient (Wildman–Crippen LogP) is 1.67. The van der Waals surface area contributed by atoms with E-state index < -0.39 is 10.0 Å². The topological polar surface area (TPSA) is 114 Å². The number of carbonyl (C=O) groups is 1. The van der Waals surface area contributed by atoms with Crippen LogP contribution in [-0.2, 0) is 14.8 Å². The van der Waals surface area contributed by atoms with E-state index in [2.05, 4.69) is 15.0 Å². The molecule has 27 heavy (non-hydrogen) atoms. The predicted molar refractivity (Wildman–Crippen MR) is 105 cm³/mol. The Morgan fingerprint density at radius 1 is 1.15 bits per heavy atom. The van der Waals surface area contributed by atoms with Crippen molar-refractivity contribution < 1.29 is 13.2 Å². The van der Waals surface area contributed by atoms with E-state index in [1.165, 1.54) is 0 Å². The van der Waals surface area contributed by atoms with Crippen molar-refractivity contribution in [1.82, 2.24) is 10.0 Å².